The Morgan fingerprint density at radius 1 is 1.10 bits per heavy atom. The molecule has 0 aliphatic heterocycles. The molecule has 4 rings (SSSR count). The lowest BCUT2D eigenvalue weighted by atomic mass is 10.1. The van der Waals surface area contributed by atoms with Crippen molar-refractivity contribution in [3.63, 3.8) is 0 Å². The van der Waals surface area contributed by atoms with Crippen LogP contribution in [0.1, 0.15) is 17.8 Å². The topological polar surface area (TPSA) is 72.1 Å². The van der Waals surface area contributed by atoms with Crippen molar-refractivity contribution in [2.24, 2.45) is 4.99 Å². The molecule has 2 aromatic heterocycles. The van der Waals surface area contributed by atoms with Gasteiger partial charge in [-0.1, -0.05) is 48.5 Å². The average molecular weight is 401 g/mol. The van der Waals surface area contributed by atoms with E-state index in [0.29, 0.717) is 6.54 Å². The third kappa shape index (κ3) is 4.54. The summed E-state index contributed by atoms with van der Waals surface area (Å²) in [5.41, 5.74) is 4.73. The molecule has 30 heavy (non-hydrogen) atoms. The van der Waals surface area contributed by atoms with E-state index >= 15 is 0 Å². The Kier molecular flexibility index (Phi) is 6.13. The lowest BCUT2D eigenvalue weighted by Crippen LogP contribution is -2.39. The zero-order chi connectivity index (χ0) is 20.8. The monoisotopic (exact) mass is 400 g/mol. The number of hydrogen-bond donors (Lipinski definition) is 3. The van der Waals surface area contributed by atoms with Gasteiger partial charge in [0.05, 0.1) is 18.4 Å². The van der Waals surface area contributed by atoms with Crippen LogP contribution in [0.5, 0.6) is 0 Å². The second kappa shape index (κ2) is 9.31. The van der Waals surface area contributed by atoms with E-state index in [1.165, 1.54) is 16.5 Å². The molecule has 2 aromatic carbocycles. The minimum Gasteiger partial charge on any atom is -0.361 e. The highest BCUT2D eigenvalue weighted by molar-refractivity contribution is 5.83. The summed E-state index contributed by atoms with van der Waals surface area (Å²) in [6.07, 6.45) is 6.06. The van der Waals surface area contributed by atoms with Gasteiger partial charge in [-0.2, -0.15) is 0 Å². The van der Waals surface area contributed by atoms with E-state index in [1.807, 2.05) is 38.5 Å². The summed E-state index contributed by atoms with van der Waals surface area (Å²) < 4.78 is 0. The molecule has 6 heteroatoms. The normalized spacial score (nSPS) is 11.7. The molecule has 0 fully saturated rings. The molecule has 0 spiro atoms. The zero-order valence-electron chi connectivity index (χ0n) is 17.5. The third-order valence-electron chi connectivity index (χ3n) is 5.25. The Bertz CT molecular complexity index is 1110. The first kappa shape index (κ1) is 19.8. The summed E-state index contributed by atoms with van der Waals surface area (Å²) in [7, 11) is 3.84. The molecule has 0 aliphatic rings. The molecule has 0 radical (unpaired) electrons. The van der Waals surface area contributed by atoms with Crippen LogP contribution in [0.2, 0.25) is 0 Å². The van der Waals surface area contributed by atoms with Crippen LogP contribution in [-0.4, -0.2) is 46.5 Å². The van der Waals surface area contributed by atoms with Crippen molar-refractivity contribution in [1.82, 2.24) is 25.2 Å². The lowest BCUT2D eigenvalue weighted by molar-refractivity contribution is 0.463. The van der Waals surface area contributed by atoms with Crippen molar-refractivity contribution in [1.29, 1.82) is 0 Å². The number of benzene rings is 2. The Morgan fingerprint density at radius 2 is 1.90 bits per heavy atom. The fraction of sp³-hybridized carbons (Fsp3) is 0.250. The Balaban J connectivity index is 1.28. The number of fused-ring (bicyclic) bond motifs is 1. The molecule has 6 nitrogen and oxygen atoms in total. The van der Waals surface area contributed by atoms with E-state index in [9.17, 15) is 0 Å². The molecule has 0 aliphatic carbocycles. The van der Waals surface area contributed by atoms with Crippen LogP contribution in [0, 0.1) is 0 Å². The first-order valence-electron chi connectivity index (χ1n) is 10.3. The molecule has 0 amide bonds. The summed E-state index contributed by atoms with van der Waals surface area (Å²) in [5.74, 6) is 1.78. The second-order valence-electron chi connectivity index (χ2n) is 7.40. The molecule has 0 saturated heterocycles. The summed E-state index contributed by atoms with van der Waals surface area (Å²) in [5, 5.41) is 4.77. The van der Waals surface area contributed by atoms with Gasteiger partial charge in [0.2, 0.25) is 0 Å². The van der Waals surface area contributed by atoms with E-state index in [-0.39, 0.29) is 0 Å². The van der Waals surface area contributed by atoms with Gasteiger partial charge in [0, 0.05) is 37.7 Å². The number of nitrogens with zero attached hydrogens (tertiary/aromatic N) is 3. The van der Waals surface area contributed by atoms with Gasteiger partial charge in [-0.15, -0.1) is 0 Å². The number of para-hydroxylation sites is 1. The maximum atomic E-state index is 4.52. The standard InChI is InChI=1S/C24H28N6/c1-25-24(26-14-8-11-19-15-27-21-13-7-6-12-20(19)21)30(2)17-23-28-16-22(29-23)18-9-4-3-5-10-18/h3-7,9-10,12-13,15-16,27H,8,11,14,17H2,1-2H3,(H,25,26)(H,28,29). The van der Waals surface area contributed by atoms with Crippen molar-refractivity contribution in [3.8, 4) is 11.3 Å². The Hall–Kier alpha value is -3.54. The summed E-state index contributed by atoms with van der Waals surface area (Å²) in [6, 6.07) is 18.7. The van der Waals surface area contributed by atoms with E-state index in [4.69, 9.17) is 0 Å². The van der Waals surface area contributed by atoms with E-state index in [1.54, 1.807) is 0 Å². The number of imidazole rings is 1. The van der Waals surface area contributed by atoms with Crippen LogP contribution < -0.4 is 5.32 Å². The van der Waals surface area contributed by atoms with Crippen molar-refractivity contribution < 1.29 is 0 Å². The van der Waals surface area contributed by atoms with Crippen LogP contribution >= 0.6 is 0 Å². The van der Waals surface area contributed by atoms with Crippen molar-refractivity contribution in [3.05, 3.63) is 78.4 Å². The summed E-state index contributed by atoms with van der Waals surface area (Å²) in [4.78, 5) is 17.8. The highest BCUT2D eigenvalue weighted by Crippen LogP contribution is 2.19. The highest BCUT2D eigenvalue weighted by Gasteiger charge is 2.10. The molecule has 0 bridgehead atoms. The predicted molar refractivity (Wildman–Crippen MR) is 123 cm³/mol. The van der Waals surface area contributed by atoms with Crippen LogP contribution in [-0.2, 0) is 13.0 Å². The number of hydrogen-bond acceptors (Lipinski definition) is 2. The molecular weight excluding hydrogens is 372 g/mol. The third-order valence-corrected chi connectivity index (χ3v) is 5.25. The minimum absolute atomic E-state index is 0.662. The molecule has 2 heterocycles. The van der Waals surface area contributed by atoms with Crippen molar-refractivity contribution in [2.75, 3.05) is 20.6 Å². The zero-order valence-corrected chi connectivity index (χ0v) is 17.5. The molecule has 3 N–H and O–H groups in total. The molecule has 0 saturated carbocycles. The van der Waals surface area contributed by atoms with Gasteiger partial charge in [-0.3, -0.25) is 4.99 Å². The van der Waals surface area contributed by atoms with Gasteiger partial charge in [0.1, 0.15) is 5.82 Å². The second-order valence-corrected chi connectivity index (χ2v) is 7.40. The maximum absolute atomic E-state index is 4.52. The van der Waals surface area contributed by atoms with Crippen LogP contribution in [0.25, 0.3) is 22.2 Å². The van der Waals surface area contributed by atoms with Gasteiger partial charge in [-0.05, 0) is 30.0 Å². The van der Waals surface area contributed by atoms with Gasteiger partial charge >= 0.3 is 0 Å². The number of rotatable bonds is 7. The van der Waals surface area contributed by atoms with Gasteiger partial charge in [-0.25, -0.2) is 4.98 Å². The molecular formula is C24H28N6. The number of aryl methyl sites for hydroxylation is 1. The smallest absolute Gasteiger partial charge is 0.193 e. The van der Waals surface area contributed by atoms with E-state index in [2.05, 4.69) is 72.8 Å². The highest BCUT2D eigenvalue weighted by atomic mass is 15.3. The van der Waals surface area contributed by atoms with Crippen LogP contribution in [0.15, 0.2) is 72.0 Å². The lowest BCUT2D eigenvalue weighted by Gasteiger charge is -2.21. The first-order chi connectivity index (χ1) is 14.7. The minimum atomic E-state index is 0.662. The van der Waals surface area contributed by atoms with Gasteiger partial charge in [0.25, 0.3) is 0 Å². The number of aromatic nitrogens is 3. The Morgan fingerprint density at radius 3 is 2.73 bits per heavy atom. The van der Waals surface area contributed by atoms with Gasteiger partial charge in [0.15, 0.2) is 5.96 Å². The number of H-pyrrole nitrogens is 2. The molecule has 0 atom stereocenters. The predicted octanol–water partition coefficient (Wildman–Crippen LogP) is 4.20. The van der Waals surface area contributed by atoms with E-state index in [0.717, 1.165) is 42.4 Å². The largest absolute Gasteiger partial charge is 0.361 e. The number of aromatic amines is 2. The number of nitrogens with one attached hydrogen (secondary N) is 3. The number of guanidine groups is 1. The fourth-order valence-corrected chi connectivity index (χ4v) is 3.71. The molecule has 0 unspecified atom stereocenters. The van der Waals surface area contributed by atoms with Crippen LogP contribution in [0.3, 0.4) is 0 Å². The average Bonchev–Trinajstić information content (AvgIpc) is 3.41. The molecule has 154 valence electrons. The number of aliphatic imine (C=N–C) groups is 1. The fourth-order valence-electron chi connectivity index (χ4n) is 3.71. The van der Waals surface area contributed by atoms with Crippen molar-refractivity contribution >= 4 is 16.9 Å². The van der Waals surface area contributed by atoms with E-state index < -0.39 is 0 Å². The van der Waals surface area contributed by atoms with Crippen molar-refractivity contribution in [2.45, 2.75) is 19.4 Å². The first-order valence-corrected chi connectivity index (χ1v) is 10.3. The summed E-state index contributed by atoms with van der Waals surface area (Å²) >= 11 is 0. The Labute approximate surface area is 177 Å². The van der Waals surface area contributed by atoms with Gasteiger partial charge < -0.3 is 20.2 Å². The SMILES string of the molecule is CN=C(NCCCc1c[nH]c2ccccc12)N(C)Cc1ncc(-c2ccccc2)[nH]1. The molecule has 4 aromatic rings. The van der Waals surface area contributed by atoms with Crippen LogP contribution in [0.4, 0.5) is 0 Å². The summed E-state index contributed by atoms with van der Waals surface area (Å²) in [6.45, 7) is 1.53. The quantitative estimate of drug-likeness (QED) is 0.247. The maximum Gasteiger partial charge on any atom is 0.193 e.